The number of carbonyl (C=O) groups is 1. The van der Waals surface area contributed by atoms with Crippen molar-refractivity contribution in [2.45, 2.75) is 0 Å². The second-order valence-electron chi connectivity index (χ2n) is 5.34. The molecule has 0 aliphatic heterocycles. The fourth-order valence-electron chi connectivity index (χ4n) is 2.46. The maximum absolute atomic E-state index is 12.6. The lowest BCUT2D eigenvalue weighted by Gasteiger charge is -2.10. The predicted octanol–water partition coefficient (Wildman–Crippen LogP) is 3.77. The standard InChI is InChI=1S/C17H12ClN5O2S/c1-25-14-6-5-11(18)8-13(14)15(24)20-12-4-2-3-10(7-12)16-22-23-9-19-21-17(23)26-16/h2-9H,1H3,(H,20,24). The van der Waals surface area contributed by atoms with Gasteiger partial charge in [0.2, 0.25) is 4.96 Å². The molecule has 0 atom stereocenters. The lowest BCUT2D eigenvalue weighted by Crippen LogP contribution is -2.13. The number of amides is 1. The Morgan fingerprint density at radius 1 is 1.27 bits per heavy atom. The number of ether oxygens (including phenoxy) is 1. The number of anilines is 1. The minimum atomic E-state index is -0.306. The summed E-state index contributed by atoms with van der Waals surface area (Å²) in [6.07, 6.45) is 1.55. The molecular weight excluding hydrogens is 374 g/mol. The van der Waals surface area contributed by atoms with Crippen molar-refractivity contribution in [3.63, 3.8) is 0 Å². The number of benzene rings is 2. The van der Waals surface area contributed by atoms with Crippen molar-refractivity contribution in [2.24, 2.45) is 0 Å². The Morgan fingerprint density at radius 3 is 2.96 bits per heavy atom. The monoisotopic (exact) mass is 385 g/mol. The van der Waals surface area contributed by atoms with Crippen LogP contribution >= 0.6 is 22.9 Å². The molecule has 0 aliphatic carbocycles. The number of hydrogen-bond acceptors (Lipinski definition) is 6. The van der Waals surface area contributed by atoms with E-state index in [0.29, 0.717) is 27.0 Å². The second kappa shape index (κ2) is 6.74. The highest BCUT2D eigenvalue weighted by atomic mass is 35.5. The highest BCUT2D eigenvalue weighted by Gasteiger charge is 2.14. The lowest BCUT2D eigenvalue weighted by molar-refractivity contribution is 0.102. The summed E-state index contributed by atoms with van der Waals surface area (Å²) in [6, 6.07) is 12.3. The van der Waals surface area contributed by atoms with Crippen LogP contribution in [0, 0.1) is 0 Å². The number of carbonyl (C=O) groups excluding carboxylic acids is 1. The Morgan fingerprint density at radius 2 is 2.15 bits per heavy atom. The zero-order valence-corrected chi connectivity index (χ0v) is 15.1. The van der Waals surface area contributed by atoms with E-state index in [-0.39, 0.29) is 5.91 Å². The summed E-state index contributed by atoms with van der Waals surface area (Å²) in [5.41, 5.74) is 1.88. The summed E-state index contributed by atoms with van der Waals surface area (Å²) in [6.45, 7) is 0. The van der Waals surface area contributed by atoms with Gasteiger partial charge >= 0.3 is 0 Å². The number of methoxy groups -OCH3 is 1. The minimum Gasteiger partial charge on any atom is -0.496 e. The van der Waals surface area contributed by atoms with Crippen LogP contribution in [0.1, 0.15) is 10.4 Å². The molecule has 130 valence electrons. The van der Waals surface area contributed by atoms with Gasteiger partial charge in [0, 0.05) is 16.3 Å². The van der Waals surface area contributed by atoms with Gasteiger partial charge in [0.05, 0.1) is 12.7 Å². The van der Waals surface area contributed by atoms with Crippen LogP contribution < -0.4 is 10.1 Å². The molecule has 0 saturated carbocycles. The van der Waals surface area contributed by atoms with E-state index in [4.69, 9.17) is 16.3 Å². The van der Waals surface area contributed by atoms with Gasteiger partial charge in [-0.25, -0.2) is 0 Å². The number of nitrogens with one attached hydrogen (secondary N) is 1. The van der Waals surface area contributed by atoms with Crippen LogP contribution in [0.2, 0.25) is 5.02 Å². The van der Waals surface area contributed by atoms with E-state index in [9.17, 15) is 4.79 Å². The van der Waals surface area contributed by atoms with Crippen LogP contribution in [0.3, 0.4) is 0 Å². The molecule has 26 heavy (non-hydrogen) atoms. The first-order valence-electron chi connectivity index (χ1n) is 7.56. The SMILES string of the molecule is COc1ccc(Cl)cc1C(=O)Nc1cccc(-c2nn3cnnc3s2)c1. The van der Waals surface area contributed by atoms with Crippen LogP contribution in [0.4, 0.5) is 5.69 Å². The Balaban J connectivity index is 1.62. The Hall–Kier alpha value is -2.97. The van der Waals surface area contributed by atoms with E-state index < -0.39 is 0 Å². The minimum absolute atomic E-state index is 0.306. The highest BCUT2D eigenvalue weighted by molar-refractivity contribution is 7.19. The van der Waals surface area contributed by atoms with Crippen LogP contribution in [-0.2, 0) is 0 Å². The molecule has 0 bridgehead atoms. The van der Waals surface area contributed by atoms with Gasteiger partial charge in [0.1, 0.15) is 17.1 Å². The zero-order chi connectivity index (χ0) is 18.1. The Bertz CT molecular complexity index is 1080. The molecule has 0 saturated heterocycles. The normalized spacial score (nSPS) is 10.8. The molecule has 0 unspecified atom stereocenters. The maximum atomic E-state index is 12.6. The molecule has 1 amide bonds. The number of halogens is 1. The van der Waals surface area contributed by atoms with Crippen molar-refractivity contribution in [3.8, 4) is 16.3 Å². The summed E-state index contributed by atoms with van der Waals surface area (Å²) in [7, 11) is 1.51. The number of hydrogen-bond donors (Lipinski definition) is 1. The predicted molar refractivity (Wildman–Crippen MR) is 100 cm³/mol. The average molecular weight is 386 g/mol. The van der Waals surface area contributed by atoms with E-state index in [2.05, 4.69) is 20.6 Å². The van der Waals surface area contributed by atoms with Crippen LogP contribution in [0.25, 0.3) is 15.5 Å². The van der Waals surface area contributed by atoms with Crippen molar-refractivity contribution < 1.29 is 9.53 Å². The van der Waals surface area contributed by atoms with Gasteiger partial charge in [-0.1, -0.05) is 35.1 Å². The summed E-state index contributed by atoms with van der Waals surface area (Å²) >= 11 is 7.42. The molecule has 2 aromatic carbocycles. The van der Waals surface area contributed by atoms with Crippen molar-refractivity contribution >= 4 is 39.5 Å². The molecule has 0 fully saturated rings. The molecular formula is C17H12ClN5O2S. The average Bonchev–Trinajstić information content (AvgIpc) is 3.24. The van der Waals surface area contributed by atoms with E-state index in [1.54, 1.807) is 35.1 Å². The molecule has 2 heterocycles. The largest absolute Gasteiger partial charge is 0.496 e. The molecule has 1 N–H and O–H groups in total. The molecule has 0 spiro atoms. The molecule has 4 rings (SSSR count). The molecule has 0 aliphatic rings. The van der Waals surface area contributed by atoms with Crippen LogP contribution in [0.15, 0.2) is 48.8 Å². The van der Waals surface area contributed by atoms with Gasteiger partial charge in [-0.3, -0.25) is 4.79 Å². The topological polar surface area (TPSA) is 81.4 Å². The fraction of sp³-hybridized carbons (Fsp3) is 0.0588. The fourth-order valence-corrected chi connectivity index (χ4v) is 3.45. The molecule has 9 heteroatoms. The van der Waals surface area contributed by atoms with E-state index in [1.165, 1.54) is 18.4 Å². The first kappa shape index (κ1) is 16.5. The second-order valence-corrected chi connectivity index (χ2v) is 6.74. The van der Waals surface area contributed by atoms with Crippen molar-refractivity contribution in [2.75, 3.05) is 12.4 Å². The lowest BCUT2D eigenvalue weighted by atomic mass is 10.1. The van der Waals surface area contributed by atoms with Crippen molar-refractivity contribution in [3.05, 3.63) is 59.4 Å². The molecule has 2 aromatic heterocycles. The molecule has 0 radical (unpaired) electrons. The van der Waals surface area contributed by atoms with Gasteiger partial charge in [-0.15, -0.1) is 10.2 Å². The first-order chi connectivity index (χ1) is 12.6. The number of rotatable bonds is 4. The summed E-state index contributed by atoms with van der Waals surface area (Å²) in [5, 5.41) is 16.3. The maximum Gasteiger partial charge on any atom is 0.259 e. The van der Waals surface area contributed by atoms with Crippen molar-refractivity contribution in [1.29, 1.82) is 0 Å². The molecule has 4 aromatic rings. The van der Waals surface area contributed by atoms with Gasteiger partial charge in [-0.2, -0.15) is 9.61 Å². The third-order valence-corrected chi connectivity index (χ3v) is 4.86. The third-order valence-electron chi connectivity index (χ3n) is 3.66. The first-order valence-corrected chi connectivity index (χ1v) is 8.75. The van der Waals surface area contributed by atoms with Gasteiger partial charge in [0.25, 0.3) is 5.91 Å². The smallest absolute Gasteiger partial charge is 0.259 e. The van der Waals surface area contributed by atoms with Gasteiger partial charge < -0.3 is 10.1 Å². The number of fused-ring (bicyclic) bond motifs is 1. The van der Waals surface area contributed by atoms with Crippen molar-refractivity contribution in [1.82, 2.24) is 19.8 Å². The summed E-state index contributed by atoms with van der Waals surface area (Å²) in [4.78, 5) is 13.3. The Kier molecular flexibility index (Phi) is 4.27. The van der Waals surface area contributed by atoms with Gasteiger partial charge in [-0.05, 0) is 30.3 Å². The van der Waals surface area contributed by atoms with E-state index in [1.807, 2.05) is 18.2 Å². The van der Waals surface area contributed by atoms with E-state index >= 15 is 0 Å². The highest BCUT2D eigenvalue weighted by Crippen LogP contribution is 2.28. The molecule has 7 nitrogen and oxygen atoms in total. The third kappa shape index (κ3) is 3.12. The van der Waals surface area contributed by atoms with Crippen LogP contribution in [0.5, 0.6) is 5.75 Å². The van der Waals surface area contributed by atoms with Gasteiger partial charge in [0.15, 0.2) is 0 Å². The Labute approximate surface area is 157 Å². The number of nitrogens with zero attached hydrogens (tertiary/aromatic N) is 4. The number of aromatic nitrogens is 4. The summed E-state index contributed by atoms with van der Waals surface area (Å²) in [5.74, 6) is 0.149. The van der Waals surface area contributed by atoms with Crippen LogP contribution in [-0.4, -0.2) is 32.8 Å². The zero-order valence-electron chi connectivity index (χ0n) is 13.5. The van der Waals surface area contributed by atoms with E-state index in [0.717, 1.165) is 10.6 Å². The quantitative estimate of drug-likeness (QED) is 0.578. The summed E-state index contributed by atoms with van der Waals surface area (Å²) < 4.78 is 6.85.